The molecule has 0 aliphatic heterocycles. The number of hydrogen-bond donors (Lipinski definition) is 2. The Morgan fingerprint density at radius 3 is 2.88 bits per heavy atom. The smallest absolute Gasteiger partial charge is 0.206 e. The van der Waals surface area contributed by atoms with Crippen molar-refractivity contribution < 1.29 is 9.63 Å². The molecule has 86 valence electrons. The van der Waals surface area contributed by atoms with Crippen LogP contribution in [0.3, 0.4) is 0 Å². The van der Waals surface area contributed by atoms with Crippen molar-refractivity contribution in [3.63, 3.8) is 0 Å². The van der Waals surface area contributed by atoms with Crippen LogP contribution in [0.1, 0.15) is 0 Å². The normalized spacial score (nSPS) is 11.1. The average Bonchev–Trinajstić information content (AvgIpc) is 2.84. The Morgan fingerprint density at radius 2 is 2.24 bits per heavy atom. The standard InChI is InChI=1S/C12H11N3O2/c1-15-9(12-8(13)6-14-17-12)5-7-3-2-4-10(16)11(7)15/h2-6,16H,13H2,1H3. The Kier molecular flexibility index (Phi) is 1.89. The summed E-state index contributed by atoms with van der Waals surface area (Å²) in [5.74, 6) is 0.748. The van der Waals surface area contributed by atoms with Crippen LogP contribution in [-0.2, 0) is 7.05 Å². The number of fused-ring (bicyclic) bond motifs is 1. The van der Waals surface area contributed by atoms with Crippen LogP contribution in [0.15, 0.2) is 35.0 Å². The molecule has 17 heavy (non-hydrogen) atoms. The molecule has 3 N–H and O–H groups in total. The van der Waals surface area contributed by atoms with E-state index in [9.17, 15) is 5.11 Å². The highest BCUT2D eigenvalue weighted by Crippen LogP contribution is 2.34. The molecule has 0 spiro atoms. The lowest BCUT2D eigenvalue weighted by Gasteiger charge is -2.02. The lowest BCUT2D eigenvalue weighted by Crippen LogP contribution is -1.93. The summed E-state index contributed by atoms with van der Waals surface area (Å²) in [6.45, 7) is 0. The molecule has 0 saturated carbocycles. The van der Waals surface area contributed by atoms with E-state index in [1.807, 2.05) is 23.7 Å². The Bertz CT molecular complexity index is 697. The van der Waals surface area contributed by atoms with Crippen LogP contribution in [-0.4, -0.2) is 14.8 Å². The minimum Gasteiger partial charge on any atom is -0.506 e. The summed E-state index contributed by atoms with van der Waals surface area (Å²) in [6.07, 6.45) is 1.47. The number of nitrogens with zero attached hydrogens (tertiary/aromatic N) is 2. The van der Waals surface area contributed by atoms with E-state index in [1.165, 1.54) is 6.20 Å². The first-order chi connectivity index (χ1) is 8.18. The number of aromatic hydroxyl groups is 1. The maximum atomic E-state index is 9.83. The zero-order valence-corrected chi connectivity index (χ0v) is 9.21. The Balaban J connectivity index is 2.36. The van der Waals surface area contributed by atoms with Gasteiger partial charge in [0.05, 0.1) is 17.4 Å². The van der Waals surface area contributed by atoms with Gasteiger partial charge < -0.3 is 19.9 Å². The number of phenolic OH excluding ortho intramolecular Hbond substituents is 1. The van der Waals surface area contributed by atoms with Gasteiger partial charge in [0.1, 0.15) is 11.4 Å². The largest absolute Gasteiger partial charge is 0.506 e. The summed E-state index contributed by atoms with van der Waals surface area (Å²) in [4.78, 5) is 0. The monoisotopic (exact) mass is 229 g/mol. The zero-order valence-electron chi connectivity index (χ0n) is 9.21. The van der Waals surface area contributed by atoms with Gasteiger partial charge in [-0.1, -0.05) is 17.3 Å². The number of benzene rings is 1. The molecule has 0 saturated heterocycles. The molecule has 0 radical (unpaired) electrons. The lowest BCUT2D eigenvalue weighted by molar-refractivity contribution is 0.430. The van der Waals surface area contributed by atoms with Crippen molar-refractivity contribution in [2.24, 2.45) is 7.05 Å². The number of phenols is 1. The van der Waals surface area contributed by atoms with E-state index in [1.54, 1.807) is 12.1 Å². The molecular weight excluding hydrogens is 218 g/mol. The van der Waals surface area contributed by atoms with Gasteiger partial charge in [0, 0.05) is 12.4 Å². The SMILES string of the molecule is Cn1c(-c2oncc2N)cc2cccc(O)c21. The van der Waals surface area contributed by atoms with Crippen LogP contribution < -0.4 is 5.73 Å². The van der Waals surface area contributed by atoms with E-state index in [2.05, 4.69) is 5.16 Å². The number of rotatable bonds is 1. The highest BCUT2D eigenvalue weighted by Gasteiger charge is 2.15. The molecule has 1 aromatic carbocycles. The van der Waals surface area contributed by atoms with E-state index in [0.717, 1.165) is 16.6 Å². The third kappa shape index (κ3) is 1.29. The van der Waals surface area contributed by atoms with Gasteiger partial charge in [-0.05, 0) is 12.1 Å². The fourth-order valence-electron chi connectivity index (χ4n) is 2.05. The molecule has 5 heteroatoms. The van der Waals surface area contributed by atoms with Gasteiger partial charge in [-0.3, -0.25) is 0 Å². The van der Waals surface area contributed by atoms with Crippen molar-refractivity contribution in [3.8, 4) is 17.2 Å². The second-order valence-corrected chi connectivity index (χ2v) is 3.91. The van der Waals surface area contributed by atoms with Gasteiger partial charge in [-0.15, -0.1) is 0 Å². The lowest BCUT2D eigenvalue weighted by atomic mass is 10.2. The highest BCUT2D eigenvalue weighted by molar-refractivity contribution is 5.91. The molecule has 5 nitrogen and oxygen atoms in total. The first-order valence-corrected chi connectivity index (χ1v) is 5.16. The van der Waals surface area contributed by atoms with Crippen molar-refractivity contribution in [1.29, 1.82) is 0 Å². The van der Waals surface area contributed by atoms with Crippen LogP contribution in [0, 0.1) is 0 Å². The second kappa shape index (κ2) is 3.28. The van der Waals surface area contributed by atoms with Gasteiger partial charge in [0.2, 0.25) is 5.76 Å². The van der Waals surface area contributed by atoms with E-state index in [4.69, 9.17) is 10.3 Å². The van der Waals surface area contributed by atoms with Crippen molar-refractivity contribution >= 4 is 16.6 Å². The molecule has 0 aliphatic rings. The summed E-state index contributed by atoms with van der Waals surface area (Å²) < 4.78 is 6.96. The van der Waals surface area contributed by atoms with Crippen LogP contribution in [0.25, 0.3) is 22.4 Å². The first-order valence-electron chi connectivity index (χ1n) is 5.16. The van der Waals surface area contributed by atoms with Gasteiger partial charge in [-0.25, -0.2) is 0 Å². The molecule has 0 bridgehead atoms. The van der Waals surface area contributed by atoms with Crippen LogP contribution in [0.4, 0.5) is 5.69 Å². The highest BCUT2D eigenvalue weighted by atomic mass is 16.5. The summed E-state index contributed by atoms with van der Waals surface area (Å²) in [5.41, 5.74) is 7.79. The van der Waals surface area contributed by atoms with Crippen molar-refractivity contribution in [2.45, 2.75) is 0 Å². The molecule has 0 fully saturated rings. The van der Waals surface area contributed by atoms with Gasteiger partial charge in [0.25, 0.3) is 0 Å². The summed E-state index contributed by atoms with van der Waals surface area (Å²) >= 11 is 0. The van der Waals surface area contributed by atoms with E-state index in [-0.39, 0.29) is 5.75 Å². The molecule has 0 amide bonds. The van der Waals surface area contributed by atoms with Crippen LogP contribution in [0.2, 0.25) is 0 Å². The predicted molar refractivity (Wildman–Crippen MR) is 64.5 cm³/mol. The predicted octanol–water partition coefficient (Wildman–Crippen LogP) is 2.12. The molecule has 0 aliphatic carbocycles. The van der Waals surface area contributed by atoms with Crippen molar-refractivity contribution in [2.75, 3.05) is 5.73 Å². The maximum Gasteiger partial charge on any atom is 0.206 e. The fourth-order valence-corrected chi connectivity index (χ4v) is 2.05. The summed E-state index contributed by atoms with van der Waals surface area (Å²) in [6, 6.07) is 7.28. The number of anilines is 1. The van der Waals surface area contributed by atoms with Gasteiger partial charge in [-0.2, -0.15) is 0 Å². The molecule has 3 rings (SSSR count). The summed E-state index contributed by atoms with van der Waals surface area (Å²) in [7, 11) is 1.85. The number of nitrogens with two attached hydrogens (primary N) is 1. The summed E-state index contributed by atoms with van der Waals surface area (Å²) in [5, 5.41) is 14.4. The average molecular weight is 229 g/mol. The third-order valence-electron chi connectivity index (χ3n) is 2.87. The molecule has 2 heterocycles. The quantitative estimate of drug-likeness (QED) is 0.670. The zero-order chi connectivity index (χ0) is 12.0. The molecule has 0 unspecified atom stereocenters. The topological polar surface area (TPSA) is 77.2 Å². The second-order valence-electron chi connectivity index (χ2n) is 3.91. The van der Waals surface area contributed by atoms with Gasteiger partial charge >= 0.3 is 0 Å². The Hall–Kier alpha value is -2.43. The Labute approximate surface area is 97.1 Å². The third-order valence-corrected chi connectivity index (χ3v) is 2.87. The number of hydrogen-bond acceptors (Lipinski definition) is 4. The minimum absolute atomic E-state index is 0.231. The van der Waals surface area contributed by atoms with E-state index in [0.29, 0.717) is 11.4 Å². The number of aromatic nitrogens is 2. The van der Waals surface area contributed by atoms with Crippen LogP contribution in [0.5, 0.6) is 5.75 Å². The molecular formula is C12H11N3O2. The molecule has 3 aromatic rings. The van der Waals surface area contributed by atoms with Crippen molar-refractivity contribution in [1.82, 2.24) is 9.72 Å². The number of nitrogen functional groups attached to an aromatic ring is 1. The fraction of sp³-hybridized carbons (Fsp3) is 0.0833. The number of para-hydroxylation sites is 1. The number of aryl methyl sites for hydroxylation is 1. The van der Waals surface area contributed by atoms with Crippen LogP contribution >= 0.6 is 0 Å². The van der Waals surface area contributed by atoms with E-state index >= 15 is 0 Å². The first kappa shape index (κ1) is 9.77. The van der Waals surface area contributed by atoms with Crippen molar-refractivity contribution in [3.05, 3.63) is 30.5 Å². The van der Waals surface area contributed by atoms with E-state index < -0.39 is 0 Å². The maximum absolute atomic E-state index is 9.83. The van der Waals surface area contributed by atoms with Gasteiger partial charge in [0.15, 0.2) is 0 Å². The minimum atomic E-state index is 0.231. The molecule has 0 atom stereocenters. The Morgan fingerprint density at radius 1 is 1.41 bits per heavy atom. The molecule has 2 aromatic heterocycles.